The summed E-state index contributed by atoms with van der Waals surface area (Å²) in [6.07, 6.45) is -0.800. The van der Waals surface area contributed by atoms with Gasteiger partial charge in [0.25, 0.3) is 5.56 Å². The van der Waals surface area contributed by atoms with Gasteiger partial charge in [0, 0.05) is 9.90 Å². The number of nitrogens with zero attached hydrogens (tertiary/aromatic N) is 1. The van der Waals surface area contributed by atoms with Crippen molar-refractivity contribution in [3.63, 3.8) is 0 Å². The second-order valence-electron chi connectivity index (χ2n) is 5.62. The van der Waals surface area contributed by atoms with Crippen LogP contribution in [-0.2, 0) is 4.74 Å². The Kier molecular flexibility index (Phi) is 4.53. The van der Waals surface area contributed by atoms with E-state index >= 15 is 0 Å². The van der Waals surface area contributed by atoms with Crippen LogP contribution < -0.4 is 5.56 Å². The number of benzene rings is 1. The number of rotatable bonds is 3. The maximum absolute atomic E-state index is 12.3. The molecule has 25 heavy (non-hydrogen) atoms. The number of nitrogens with one attached hydrogen (secondary N) is 1. The Balaban J connectivity index is 1.92. The number of aromatic hydroxyl groups is 1. The number of phenolic OH excluding ortho intramolecular Hbond substituents is 1. The molecule has 1 atom stereocenters. The first-order valence-corrected chi connectivity index (χ1v) is 8.66. The van der Waals surface area contributed by atoms with Crippen LogP contribution in [0.5, 0.6) is 5.75 Å². The summed E-state index contributed by atoms with van der Waals surface area (Å²) < 4.78 is 5.31. The molecule has 130 valence electrons. The van der Waals surface area contributed by atoms with Gasteiger partial charge in [0.2, 0.25) is 0 Å². The minimum atomic E-state index is -0.800. The SMILES string of the molecule is Cc1sc2nc([C@@H](C)OC(=O)c3cc(Cl)ccc3O)[nH]c(=O)c2c1C. The van der Waals surface area contributed by atoms with Crippen LogP contribution in [0.15, 0.2) is 23.0 Å². The van der Waals surface area contributed by atoms with Crippen molar-refractivity contribution < 1.29 is 14.6 Å². The summed E-state index contributed by atoms with van der Waals surface area (Å²) in [6.45, 7) is 5.39. The lowest BCUT2D eigenvalue weighted by Gasteiger charge is -2.13. The van der Waals surface area contributed by atoms with E-state index in [1.165, 1.54) is 29.5 Å². The molecular weight excluding hydrogens is 364 g/mol. The average Bonchev–Trinajstić information content (AvgIpc) is 2.84. The fraction of sp³-hybridized carbons (Fsp3) is 0.235. The summed E-state index contributed by atoms with van der Waals surface area (Å²) in [5.41, 5.74) is 0.578. The predicted molar refractivity (Wildman–Crippen MR) is 96.7 cm³/mol. The fourth-order valence-electron chi connectivity index (χ4n) is 2.42. The van der Waals surface area contributed by atoms with Gasteiger partial charge in [0.15, 0.2) is 11.9 Å². The topological polar surface area (TPSA) is 92.3 Å². The largest absolute Gasteiger partial charge is 0.507 e. The van der Waals surface area contributed by atoms with Crippen molar-refractivity contribution >= 4 is 39.1 Å². The van der Waals surface area contributed by atoms with E-state index in [4.69, 9.17) is 16.3 Å². The van der Waals surface area contributed by atoms with Crippen LogP contribution in [-0.4, -0.2) is 21.0 Å². The van der Waals surface area contributed by atoms with E-state index in [0.29, 0.717) is 15.2 Å². The van der Waals surface area contributed by atoms with E-state index in [1.807, 2.05) is 13.8 Å². The van der Waals surface area contributed by atoms with Gasteiger partial charge < -0.3 is 14.8 Å². The Hall–Kier alpha value is -2.38. The Labute approximate surface area is 152 Å². The summed E-state index contributed by atoms with van der Waals surface area (Å²) >= 11 is 7.26. The lowest BCUT2D eigenvalue weighted by Crippen LogP contribution is -2.17. The van der Waals surface area contributed by atoms with E-state index in [2.05, 4.69) is 9.97 Å². The number of hydrogen-bond donors (Lipinski definition) is 2. The van der Waals surface area contributed by atoms with Gasteiger partial charge in [-0.05, 0) is 44.5 Å². The zero-order chi connectivity index (χ0) is 18.3. The Morgan fingerprint density at radius 2 is 2.12 bits per heavy atom. The molecular formula is C17H15ClN2O4S. The van der Waals surface area contributed by atoms with E-state index in [9.17, 15) is 14.7 Å². The van der Waals surface area contributed by atoms with Crippen molar-refractivity contribution in [2.75, 3.05) is 0 Å². The number of aryl methyl sites for hydroxylation is 2. The maximum Gasteiger partial charge on any atom is 0.342 e. The lowest BCUT2D eigenvalue weighted by molar-refractivity contribution is 0.0317. The van der Waals surface area contributed by atoms with Crippen molar-refractivity contribution in [1.82, 2.24) is 9.97 Å². The highest BCUT2D eigenvalue weighted by molar-refractivity contribution is 7.18. The first-order valence-electron chi connectivity index (χ1n) is 7.47. The first kappa shape index (κ1) is 17.4. The van der Waals surface area contributed by atoms with Crippen molar-refractivity contribution in [1.29, 1.82) is 0 Å². The highest BCUT2D eigenvalue weighted by atomic mass is 35.5. The highest BCUT2D eigenvalue weighted by Gasteiger charge is 2.21. The van der Waals surface area contributed by atoms with E-state index < -0.39 is 12.1 Å². The minimum absolute atomic E-state index is 0.0504. The van der Waals surface area contributed by atoms with Crippen molar-refractivity contribution in [3.8, 4) is 5.75 Å². The number of carbonyl (C=O) groups is 1. The van der Waals surface area contributed by atoms with Gasteiger partial charge in [-0.3, -0.25) is 4.79 Å². The number of phenols is 1. The monoisotopic (exact) mass is 378 g/mol. The van der Waals surface area contributed by atoms with Crippen LogP contribution in [0.2, 0.25) is 5.02 Å². The lowest BCUT2D eigenvalue weighted by atomic mass is 10.2. The Morgan fingerprint density at radius 3 is 2.84 bits per heavy atom. The van der Waals surface area contributed by atoms with Gasteiger partial charge in [-0.15, -0.1) is 11.3 Å². The molecule has 3 aromatic rings. The molecule has 6 nitrogen and oxygen atoms in total. The molecule has 2 heterocycles. The van der Waals surface area contributed by atoms with Gasteiger partial charge in [-0.2, -0.15) is 0 Å². The molecule has 3 rings (SSSR count). The Bertz CT molecular complexity index is 1040. The third kappa shape index (κ3) is 3.25. The molecule has 0 saturated carbocycles. The molecule has 0 aliphatic heterocycles. The summed E-state index contributed by atoms with van der Waals surface area (Å²) in [5, 5.41) is 10.6. The van der Waals surface area contributed by atoms with Gasteiger partial charge in [0.1, 0.15) is 16.1 Å². The normalized spacial score (nSPS) is 12.3. The molecule has 0 fully saturated rings. The molecule has 2 N–H and O–H groups in total. The third-order valence-corrected chi connectivity index (χ3v) is 5.24. The summed E-state index contributed by atoms with van der Waals surface area (Å²) in [5.74, 6) is -0.745. The molecule has 0 radical (unpaired) electrons. The van der Waals surface area contributed by atoms with E-state index in [-0.39, 0.29) is 22.7 Å². The number of H-pyrrole nitrogens is 1. The number of fused-ring (bicyclic) bond motifs is 1. The van der Waals surface area contributed by atoms with Crippen LogP contribution in [0, 0.1) is 13.8 Å². The molecule has 0 saturated heterocycles. The molecule has 0 bridgehead atoms. The van der Waals surface area contributed by atoms with E-state index in [1.54, 1.807) is 6.92 Å². The van der Waals surface area contributed by atoms with Crippen LogP contribution in [0.1, 0.15) is 39.7 Å². The third-order valence-electron chi connectivity index (χ3n) is 3.90. The number of ether oxygens (including phenoxy) is 1. The van der Waals surface area contributed by atoms with Crippen LogP contribution in [0.25, 0.3) is 10.2 Å². The number of esters is 1. The summed E-state index contributed by atoms with van der Waals surface area (Å²) in [4.78, 5) is 33.2. The molecule has 1 aromatic carbocycles. The second kappa shape index (κ2) is 6.50. The van der Waals surface area contributed by atoms with Crippen LogP contribution in [0.3, 0.4) is 0 Å². The van der Waals surface area contributed by atoms with Crippen molar-refractivity contribution in [2.24, 2.45) is 0 Å². The van der Waals surface area contributed by atoms with Crippen molar-refractivity contribution in [3.05, 3.63) is 55.4 Å². The maximum atomic E-state index is 12.3. The van der Waals surface area contributed by atoms with Gasteiger partial charge in [-0.1, -0.05) is 11.6 Å². The zero-order valence-electron chi connectivity index (χ0n) is 13.7. The zero-order valence-corrected chi connectivity index (χ0v) is 15.3. The average molecular weight is 379 g/mol. The van der Waals surface area contributed by atoms with Gasteiger partial charge in [0.05, 0.1) is 5.39 Å². The van der Waals surface area contributed by atoms with Gasteiger partial charge >= 0.3 is 5.97 Å². The molecule has 2 aromatic heterocycles. The fourth-order valence-corrected chi connectivity index (χ4v) is 3.62. The number of aromatic amines is 1. The molecule has 0 aliphatic rings. The summed E-state index contributed by atoms with van der Waals surface area (Å²) in [7, 11) is 0. The molecule has 0 aliphatic carbocycles. The smallest absolute Gasteiger partial charge is 0.342 e. The number of thiophene rings is 1. The van der Waals surface area contributed by atoms with E-state index in [0.717, 1.165) is 10.4 Å². The number of aromatic nitrogens is 2. The second-order valence-corrected chi connectivity index (χ2v) is 7.26. The number of hydrogen-bond acceptors (Lipinski definition) is 6. The predicted octanol–water partition coefficient (Wildman–Crippen LogP) is 3.88. The Morgan fingerprint density at radius 1 is 1.40 bits per heavy atom. The molecule has 0 amide bonds. The first-order chi connectivity index (χ1) is 11.8. The molecule has 0 spiro atoms. The molecule has 8 heteroatoms. The highest BCUT2D eigenvalue weighted by Crippen LogP contribution is 2.28. The number of halogens is 1. The van der Waals surface area contributed by atoms with Crippen molar-refractivity contribution in [2.45, 2.75) is 26.9 Å². The summed E-state index contributed by atoms with van der Waals surface area (Å²) in [6, 6.07) is 4.09. The standard InChI is InChI=1S/C17H15ClN2O4S/c1-7-9(3)25-16-13(7)15(22)19-14(20-16)8(2)24-17(23)11-6-10(18)4-5-12(11)21/h4-6,8,21H,1-3H3,(H,19,20,22)/t8-/m1/s1. The van der Waals surface area contributed by atoms with Gasteiger partial charge in [-0.25, -0.2) is 9.78 Å². The minimum Gasteiger partial charge on any atom is -0.507 e. The van der Waals surface area contributed by atoms with Crippen LogP contribution in [0.4, 0.5) is 0 Å². The quantitative estimate of drug-likeness (QED) is 0.675. The van der Waals surface area contributed by atoms with Crippen LogP contribution >= 0.6 is 22.9 Å². The molecule has 0 unspecified atom stereocenters. The number of carbonyl (C=O) groups excluding carboxylic acids is 1.